The normalized spacial score (nSPS) is 9.50. The van der Waals surface area contributed by atoms with Gasteiger partial charge in [-0.2, -0.15) is 0 Å². The minimum absolute atomic E-state index is 0.0105. The van der Waals surface area contributed by atoms with Gasteiger partial charge in [0.15, 0.2) is 0 Å². The number of benzene rings is 1. The zero-order valence-corrected chi connectivity index (χ0v) is 7.75. The molecular weight excluding hydrogens is 208 g/mol. The van der Waals surface area contributed by atoms with E-state index in [1.807, 2.05) is 0 Å². The maximum Gasteiger partial charge on any atom is 0.412 e. The predicted octanol–water partition coefficient (Wildman–Crippen LogP) is 1.16. The minimum atomic E-state index is -1.19. The number of nitrogen functional groups attached to an aromatic ring is 1. The average Bonchev–Trinajstić information content (AvgIpc) is 2.08. The number of esters is 1. The lowest BCUT2D eigenvalue weighted by molar-refractivity contribution is 0.0639. The third kappa shape index (κ3) is 2.37. The lowest BCUT2D eigenvalue weighted by atomic mass is 10.2. The second kappa shape index (κ2) is 3.97. The molecule has 0 saturated carbocycles. The molecule has 0 bridgehead atoms. The van der Waals surface area contributed by atoms with Gasteiger partial charge in [-0.05, 0) is 18.2 Å². The number of hydrogen-bond acceptors (Lipinski definition) is 4. The second-order valence-electron chi connectivity index (χ2n) is 2.44. The summed E-state index contributed by atoms with van der Waals surface area (Å²) in [6.45, 7) is 0. The Morgan fingerprint density at radius 2 is 2.00 bits per heavy atom. The molecule has 0 fully saturated rings. The van der Waals surface area contributed by atoms with Crippen LogP contribution in [0.4, 0.5) is 10.5 Å². The molecule has 0 spiro atoms. The van der Waals surface area contributed by atoms with Crippen LogP contribution < -0.4 is 11.5 Å². The van der Waals surface area contributed by atoms with E-state index in [1.165, 1.54) is 18.2 Å². The van der Waals surface area contributed by atoms with E-state index in [2.05, 4.69) is 10.5 Å². The minimum Gasteiger partial charge on any atom is -0.398 e. The van der Waals surface area contributed by atoms with Crippen molar-refractivity contribution in [1.29, 1.82) is 0 Å². The number of primary amides is 1. The Hall–Kier alpha value is -1.75. The fraction of sp³-hybridized carbons (Fsp3) is 0. The molecule has 0 aliphatic carbocycles. The molecule has 14 heavy (non-hydrogen) atoms. The number of amides is 1. The quantitative estimate of drug-likeness (QED) is 0.417. The highest BCUT2D eigenvalue weighted by atomic mass is 35.5. The van der Waals surface area contributed by atoms with E-state index in [0.717, 1.165) is 0 Å². The first-order valence-electron chi connectivity index (χ1n) is 3.57. The van der Waals surface area contributed by atoms with E-state index in [0.29, 0.717) is 5.02 Å². The molecule has 74 valence electrons. The van der Waals surface area contributed by atoms with Gasteiger partial charge in [-0.1, -0.05) is 11.6 Å². The van der Waals surface area contributed by atoms with Gasteiger partial charge >= 0.3 is 12.1 Å². The fourth-order valence-corrected chi connectivity index (χ4v) is 1.02. The van der Waals surface area contributed by atoms with Crippen molar-refractivity contribution in [2.24, 2.45) is 5.73 Å². The van der Waals surface area contributed by atoms with E-state index in [1.54, 1.807) is 0 Å². The summed E-state index contributed by atoms with van der Waals surface area (Å²) in [5.41, 5.74) is 10.3. The lowest BCUT2D eigenvalue weighted by Crippen LogP contribution is -2.19. The van der Waals surface area contributed by atoms with E-state index < -0.39 is 12.1 Å². The monoisotopic (exact) mass is 214 g/mol. The van der Waals surface area contributed by atoms with Crippen molar-refractivity contribution >= 4 is 29.4 Å². The highest BCUT2D eigenvalue weighted by molar-refractivity contribution is 6.31. The standard InChI is InChI=1S/C8H7ClN2O3/c9-4-1-2-6(10)5(3-4)7(12)14-8(11)13/h1-3H,10H2,(H2,11,13). The number of ether oxygens (including phenoxy) is 1. The van der Waals surface area contributed by atoms with Gasteiger partial charge < -0.3 is 16.2 Å². The first kappa shape index (κ1) is 10.3. The summed E-state index contributed by atoms with van der Waals surface area (Å²) in [4.78, 5) is 21.5. The Balaban J connectivity index is 3.00. The number of hydrogen-bond donors (Lipinski definition) is 2. The van der Waals surface area contributed by atoms with Gasteiger partial charge in [-0.15, -0.1) is 0 Å². The number of halogens is 1. The zero-order chi connectivity index (χ0) is 10.7. The number of carbonyl (C=O) groups excluding carboxylic acids is 2. The highest BCUT2D eigenvalue weighted by Gasteiger charge is 2.13. The van der Waals surface area contributed by atoms with Gasteiger partial charge in [0.05, 0.1) is 5.56 Å². The van der Waals surface area contributed by atoms with Crippen LogP contribution in [-0.4, -0.2) is 12.1 Å². The predicted molar refractivity (Wildman–Crippen MR) is 50.9 cm³/mol. The van der Waals surface area contributed by atoms with Crippen molar-refractivity contribution in [3.05, 3.63) is 28.8 Å². The fourth-order valence-electron chi connectivity index (χ4n) is 0.852. The molecule has 0 aromatic heterocycles. The molecule has 0 heterocycles. The van der Waals surface area contributed by atoms with Crippen LogP contribution in [0.2, 0.25) is 5.02 Å². The molecule has 0 unspecified atom stereocenters. The van der Waals surface area contributed by atoms with E-state index in [4.69, 9.17) is 17.3 Å². The van der Waals surface area contributed by atoms with Crippen LogP contribution >= 0.6 is 11.6 Å². The summed E-state index contributed by atoms with van der Waals surface area (Å²) >= 11 is 5.62. The highest BCUT2D eigenvalue weighted by Crippen LogP contribution is 2.18. The van der Waals surface area contributed by atoms with Crippen LogP contribution in [0, 0.1) is 0 Å². The number of carbonyl (C=O) groups is 2. The molecule has 0 aliphatic rings. The van der Waals surface area contributed by atoms with Crippen molar-refractivity contribution in [1.82, 2.24) is 0 Å². The Labute approximate surface area is 84.6 Å². The Kier molecular flexibility index (Phi) is 2.93. The molecule has 1 amide bonds. The van der Waals surface area contributed by atoms with Crippen LogP contribution in [0.3, 0.4) is 0 Å². The van der Waals surface area contributed by atoms with Gasteiger partial charge in [0, 0.05) is 10.7 Å². The smallest absolute Gasteiger partial charge is 0.398 e. The summed E-state index contributed by atoms with van der Waals surface area (Å²) < 4.78 is 4.13. The lowest BCUT2D eigenvalue weighted by Gasteiger charge is -2.03. The van der Waals surface area contributed by atoms with Crippen molar-refractivity contribution in [3.8, 4) is 0 Å². The molecule has 4 N–H and O–H groups in total. The van der Waals surface area contributed by atoms with Crippen LogP contribution in [0.1, 0.15) is 10.4 Å². The zero-order valence-electron chi connectivity index (χ0n) is 6.99. The first-order chi connectivity index (χ1) is 6.50. The number of nitrogens with two attached hydrogens (primary N) is 2. The van der Waals surface area contributed by atoms with Crippen LogP contribution in [0.25, 0.3) is 0 Å². The molecular formula is C8H7ClN2O3. The molecule has 5 nitrogen and oxygen atoms in total. The number of rotatable bonds is 1. The molecule has 1 aromatic rings. The Bertz CT molecular complexity index is 392. The average molecular weight is 215 g/mol. The van der Waals surface area contributed by atoms with E-state index >= 15 is 0 Å². The van der Waals surface area contributed by atoms with Gasteiger partial charge in [0.25, 0.3) is 0 Å². The molecule has 1 aromatic carbocycles. The summed E-state index contributed by atoms with van der Waals surface area (Å²) in [5.74, 6) is -0.919. The van der Waals surface area contributed by atoms with Crippen LogP contribution in [0.5, 0.6) is 0 Å². The summed E-state index contributed by atoms with van der Waals surface area (Å²) in [6.07, 6.45) is -1.19. The Morgan fingerprint density at radius 1 is 1.36 bits per heavy atom. The number of anilines is 1. The maximum absolute atomic E-state index is 11.2. The van der Waals surface area contributed by atoms with Gasteiger partial charge in [-0.3, -0.25) is 0 Å². The molecule has 0 aliphatic heterocycles. The van der Waals surface area contributed by atoms with E-state index in [-0.39, 0.29) is 11.3 Å². The molecule has 0 radical (unpaired) electrons. The van der Waals surface area contributed by atoms with Gasteiger partial charge in [0.2, 0.25) is 0 Å². The van der Waals surface area contributed by atoms with Crippen molar-refractivity contribution < 1.29 is 14.3 Å². The van der Waals surface area contributed by atoms with E-state index in [9.17, 15) is 9.59 Å². The van der Waals surface area contributed by atoms with Crippen molar-refractivity contribution in [3.63, 3.8) is 0 Å². The van der Waals surface area contributed by atoms with Gasteiger partial charge in [-0.25, -0.2) is 9.59 Å². The van der Waals surface area contributed by atoms with Gasteiger partial charge in [0.1, 0.15) is 0 Å². The second-order valence-corrected chi connectivity index (χ2v) is 2.88. The Morgan fingerprint density at radius 3 is 2.57 bits per heavy atom. The topological polar surface area (TPSA) is 95.4 Å². The summed E-state index contributed by atoms with van der Waals surface area (Å²) in [6, 6.07) is 4.24. The SMILES string of the molecule is NC(=O)OC(=O)c1cc(Cl)ccc1N. The van der Waals surface area contributed by atoms with Crippen molar-refractivity contribution in [2.45, 2.75) is 0 Å². The molecule has 0 saturated heterocycles. The van der Waals surface area contributed by atoms with Crippen LogP contribution in [0.15, 0.2) is 18.2 Å². The van der Waals surface area contributed by atoms with Crippen molar-refractivity contribution in [2.75, 3.05) is 5.73 Å². The summed E-state index contributed by atoms with van der Waals surface area (Å²) in [7, 11) is 0. The first-order valence-corrected chi connectivity index (χ1v) is 3.95. The third-order valence-corrected chi connectivity index (χ3v) is 1.66. The molecule has 0 atom stereocenters. The maximum atomic E-state index is 11.2. The summed E-state index contributed by atoms with van der Waals surface area (Å²) in [5, 5.41) is 0.315. The molecule has 6 heteroatoms. The third-order valence-electron chi connectivity index (χ3n) is 1.43. The van der Waals surface area contributed by atoms with Crippen LogP contribution in [-0.2, 0) is 4.74 Å². The largest absolute Gasteiger partial charge is 0.412 e. The molecule has 1 rings (SSSR count).